The summed E-state index contributed by atoms with van der Waals surface area (Å²) in [5.74, 6) is 1.69. The SMILES string of the molecule is CCCN1CCCC(NC(=O)N2CCC(Oc3ccc(OC)cc3)CC2)C1. The fraction of sp³-hybridized carbons (Fsp3) is 0.667. The molecule has 0 aromatic heterocycles. The van der Waals surface area contributed by atoms with Crippen molar-refractivity contribution >= 4 is 6.03 Å². The summed E-state index contributed by atoms with van der Waals surface area (Å²) < 4.78 is 11.2. The van der Waals surface area contributed by atoms with Crippen LogP contribution in [0.1, 0.15) is 39.0 Å². The van der Waals surface area contributed by atoms with E-state index < -0.39 is 0 Å². The summed E-state index contributed by atoms with van der Waals surface area (Å²) in [6.07, 6.45) is 5.32. The molecule has 0 saturated carbocycles. The van der Waals surface area contributed by atoms with Crippen LogP contribution < -0.4 is 14.8 Å². The van der Waals surface area contributed by atoms with Gasteiger partial charge in [0.1, 0.15) is 17.6 Å². The van der Waals surface area contributed by atoms with Gasteiger partial charge < -0.3 is 24.6 Å². The van der Waals surface area contributed by atoms with E-state index in [0.29, 0.717) is 0 Å². The number of rotatable bonds is 6. The van der Waals surface area contributed by atoms with Crippen molar-refractivity contribution in [3.8, 4) is 11.5 Å². The number of carbonyl (C=O) groups is 1. The van der Waals surface area contributed by atoms with E-state index >= 15 is 0 Å². The van der Waals surface area contributed by atoms with Crippen molar-refractivity contribution in [1.29, 1.82) is 0 Å². The maximum Gasteiger partial charge on any atom is 0.317 e. The van der Waals surface area contributed by atoms with Gasteiger partial charge in [0.25, 0.3) is 0 Å². The van der Waals surface area contributed by atoms with Gasteiger partial charge in [0.05, 0.1) is 7.11 Å². The zero-order valence-corrected chi connectivity index (χ0v) is 16.7. The molecular formula is C21H33N3O3. The van der Waals surface area contributed by atoms with Gasteiger partial charge in [-0.25, -0.2) is 4.79 Å². The largest absolute Gasteiger partial charge is 0.497 e. The quantitative estimate of drug-likeness (QED) is 0.830. The van der Waals surface area contributed by atoms with Crippen LogP contribution in [0.5, 0.6) is 11.5 Å². The number of urea groups is 1. The Balaban J connectivity index is 1.40. The van der Waals surface area contributed by atoms with Crippen LogP contribution in [0.15, 0.2) is 24.3 Å². The Labute approximate surface area is 162 Å². The number of hydrogen-bond acceptors (Lipinski definition) is 4. The molecule has 1 aromatic carbocycles. The summed E-state index contributed by atoms with van der Waals surface area (Å²) in [4.78, 5) is 17.0. The maximum atomic E-state index is 12.6. The molecule has 1 N–H and O–H groups in total. The summed E-state index contributed by atoms with van der Waals surface area (Å²) in [7, 11) is 1.66. The lowest BCUT2D eigenvalue weighted by molar-refractivity contribution is 0.107. The normalized spacial score (nSPS) is 21.7. The third kappa shape index (κ3) is 5.76. The molecule has 1 aromatic rings. The number of ether oxygens (including phenoxy) is 2. The summed E-state index contributed by atoms with van der Waals surface area (Å²) in [5.41, 5.74) is 0. The van der Waals surface area contributed by atoms with Gasteiger partial charge in [0, 0.05) is 38.5 Å². The Morgan fingerprint density at radius 3 is 2.48 bits per heavy atom. The second kappa shape index (κ2) is 9.83. The number of carbonyl (C=O) groups excluding carboxylic acids is 1. The fourth-order valence-corrected chi connectivity index (χ4v) is 3.98. The van der Waals surface area contributed by atoms with E-state index in [1.165, 1.54) is 12.8 Å². The molecule has 1 atom stereocenters. The van der Waals surface area contributed by atoms with Crippen LogP contribution in [0, 0.1) is 0 Å². The molecule has 2 aliphatic rings. The standard InChI is InChI=1S/C21H33N3O3/c1-3-12-23-13-4-5-17(16-23)22-21(25)24-14-10-20(11-15-24)27-19-8-6-18(26-2)7-9-19/h6-9,17,20H,3-5,10-16H2,1-2H3,(H,22,25). The highest BCUT2D eigenvalue weighted by molar-refractivity contribution is 5.74. The number of benzene rings is 1. The van der Waals surface area contributed by atoms with Crippen molar-refractivity contribution in [2.75, 3.05) is 39.8 Å². The molecule has 0 bridgehead atoms. The molecule has 0 aliphatic carbocycles. The van der Waals surface area contributed by atoms with Crippen LogP contribution >= 0.6 is 0 Å². The number of amides is 2. The summed E-state index contributed by atoms with van der Waals surface area (Å²) in [6.45, 7) is 6.97. The Hall–Kier alpha value is -1.95. The molecule has 2 heterocycles. The van der Waals surface area contributed by atoms with Crippen LogP contribution in [0.2, 0.25) is 0 Å². The zero-order chi connectivity index (χ0) is 19.1. The van der Waals surface area contributed by atoms with E-state index in [0.717, 1.165) is 63.5 Å². The molecule has 2 aliphatic heterocycles. The van der Waals surface area contributed by atoms with Gasteiger partial charge in [0.2, 0.25) is 0 Å². The summed E-state index contributed by atoms with van der Waals surface area (Å²) in [6, 6.07) is 8.05. The van der Waals surface area contributed by atoms with E-state index in [1.807, 2.05) is 29.2 Å². The van der Waals surface area contributed by atoms with Crippen molar-refractivity contribution in [3.63, 3.8) is 0 Å². The lowest BCUT2D eigenvalue weighted by Crippen LogP contribution is -2.53. The van der Waals surface area contributed by atoms with Crippen molar-refractivity contribution in [2.24, 2.45) is 0 Å². The van der Waals surface area contributed by atoms with E-state index in [9.17, 15) is 4.79 Å². The highest BCUT2D eigenvalue weighted by atomic mass is 16.5. The predicted molar refractivity (Wildman–Crippen MR) is 107 cm³/mol. The Kier molecular flexibility index (Phi) is 7.21. The molecule has 150 valence electrons. The molecule has 6 nitrogen and oxygen atoms in total. The fourth-order valence-electron chi connectivity index (χ4n) is 3.98. The first-order valence-corrected chi connectivity index (χ1v) is 10.3. The van der Waals surface area contributed by atoms with Crippen molar-refractivity contribution in [1.82, 2.24) is 15.1 Å². The van der Waals surface area contributed by atoms with Crippen LogP contribution in [-0.2, 0) is 0 Å². The first kappa shape index (κ1) is 19.8. The second-order valence-electron chi connectivity index (χ2n) is 7.57. The number of piperidine rings is 2. The Morgan fingerprint density at radius 1 is 1.11 bits per heavy atom. The predicted octanol–water partition coefficient (Wildman–Crippen LogP) is 3.12. The third-order valence-corrected chi connectivity index (χ3v) is 5.46. The van der Waals surface area contributed by atoms with Crippen molar-refractivity contribution in [3.05, 3.63) is 24.3 Å². The molecule has 2 fully saturated rings. The summed E-state index contributed by atoms with van der Waals surface area (Å²) >= 11 is 0. The van der Waals surface area contributed by atoms with Gasteiger partial charge in [0.15, 0.2) is 0 Å². The Bertz CT molecular complexity index is 583. The average Bonchev–Trinajstić information content (AvgIpc) is 2.70. The van der Waals surface area contributed by atoms with Gasteiger partial charge in [-0.3, -0.25) is 0 Å². The minimum absolute atomic E-state index is 0.0845. The number of nitrogens with zero attached hydrogens (tertiary/aromatic N) is 2. The minimum Gasteiger partial charge on any atom is -0.497 e. The van der Waals surface area contributed by atoms with Crippen molar-refractivity contribution < 1.29 is 14.3 Å². The average molecular weight is 376 g/mol. The van der Waals surface area contributed by atoms with Gasteiger partial charge in [-0.05, 0) is 56.6 Å². The second-order valence-corrected chi connectivity index (χ2v) is 7.57. The number of nitrogens with one attached hydrogen (secondary N) is 1. The number of likely N-dealkylation sites (tertiary alicyclic amines) is 2. The van der Waals surface area contributed by atoms with Gasteiger partial charge in [-0.15, -0.1) is 0 Å². The lowest BCUT2D eigenvalue weighted by Gasteiger charge is -2.36. The van der Waals surface area contributed by atoms with Crippen LogP contribution in [0.25, 0.3) is 0 Å². The topological polar surface area (TPSA) is 54.0 Å². The molecular weight excluding hydrogens is 342 g/mol. The number of methoxy groups -OCH3 is 1. The zero-order valence-electron chi connectivity index (χ0n) is 16.7. The van der Waals surface area contributed by atoms with Crippen molar-refractivity contribution in [2.45, 2.75) is 51.2 Å². The molecule has 3 rings (SSSR count). The van der Waals surface area contributed by atoms with Crippen LogP contribution in [-0.4, -0.2) is 67.8 Å². The minimum atomic E-state index is 0.0845. The highest BCUT2D eigenvalue weighted by Crippen LogP contribution is 2.22. The van der Waals surface area contributed by atoms with Gasteiger partial charge >= 0.3 is 6.03 Å². The monoisotopic (exact) mass is 375 g/mol. The molecule has 27 heavy (non-hydrogen) atoms. The van der Waals surface area contributed by atoms with Crippen LogP contribution in [0.4, 0.5) is 4.79 Å². The molecule has 2 saturated heterocycles. The van der Waals surface area contributed by atoms with E-state index in [-0.39, 0.29) is 18.2 Å². The van der Waals surface area contributed by atoms with E-state index in [2.05, 4.69) is 17.1 Å². The molecule has 1 unspecified atom stereocenters. The summed E-state index contributed by atoms with van der Waals surface area (Å²) in [5, 5.41) is 3.24. The molecule has 2 amide bonds. The van der Waals surface area contributed by atoms with Gasteiger partial charge in [-0.1, -0.05) is 6.92 Å². The van der Waals surface area contributed by atoms with E-state index in [1.54, 1.807) is 7.11 Å². The molecule has 6 heteroatoms. The smallest absolute Gasteiger partial charge is 0.317 e. The van der Waals surface area contributed by atoms with Gasteiger partial charge in [-0.2, -0.15) is 0 Å². The molecule has 0 radical (unpaired) electrons. The molecule has 0 spiro atoms. The van der Waals surface area contributed by atoms with Crippen LogP contribution in [0.3, 0.4) is 0 Å². The number of hydrogen-bond donors (Lipinski definition) is 1. The highest BCUT2D eigenvalue weighted by Gasteiger charge is 2.27. The lowest BCUT2D eigenvalue weighted by atomic mass is 10.1. The van der Waals surface area contributed by atoms with E-state index in [4.69, 9.17) is 9.47 Å². The third-order valence-electron chi connectivity index (χ3n) is 5.46. The maximum absolute atomic E-state index is 12.6. The first-order valence-electron chi connectivity index (χ1n) is 10.3. The Morgan fingerprint density at radius 2 is 1.81 bits per heavy atom. The first-order chi connectivity index (χ1) is 13.2.